The topological polar surface area (TPSA) is 55.4 Å². The molecule has 3 aliphatic rings. The first-order chi connectivity index (χ1) is 16.9. The van der Waals surface area contributed by atoms with Crippen LogP contribution in [0.15, 0.2) is 75.5 Å². The summed E-state index contributed by atoms with van der Waals surface area (Å²) in [6, 6.07) is 15.6. The molecule has 1 N–H and O–H groups in total. The lowest BCUT2D eigenvalue weighted by Crippen LogP contribution is -2.37. The summed E-state index contributed by atoms with van der Waals surface area (Å²) in [4.78, 5) is 27.3. The van der Waals surface area contributed by atoms with Crippen LogP contribution in [0, 0.1) is 0 Å². The Morgan fingerprint density at radius 1 is 1.03 bits per heavy atom. The van der Waals surface area contributed by atoms with Gasteiger partial charge in [0.25, 0.3) is 0 Å². The summed E-state index contributed by atoms with van der Waals surface area (Å²) >= 11 is 9.65. The number of ketones is 1. The van der Waals surface area contributed by atoms with E-state index in [9.17, 15) is 9.59 Å². The minimum Gasteiger partial charge on any atom is -0.459 e. The summed E-state index contributed by atoms with van der Waals surface area (Å²) in [5.74, 6) is -0.624. The molecule has 2 aliphatic carbocycles. The first kappa shape index (κ1) is 24.3. The molecule has 0 amide bonds. The quantitative estimate of drug-likeness (QED) is 0.402. The maximum absolute atomic E-state index is 13.7. The maximum Gasteiger partial charge on any atom is 0.337 e. The average Bonchev–Trinajstić information content (AvgIpc) is 2.84. The van der Waals surface area contributed by atoms with Crippen molar-refractivity contribution < 1.29 is 14.3 Å². The van der Waals surface area contributed by atoms with Gasteiger partial charge >= 0.3 is 5.97 Å². The SMILES string of the molecule is CC1=C(C(=O)OC2CCCCC2)[C@H](c2cccc(Br)c2)C2=C(C[C@H](c3ccc(Cl)cc3)CC2=O)N1. The third-order valence-electron chi connectivity index (χ3n) is 7.40. The molecule has 2 aromatic carbocycles. The number of halogens is 2. The van der Waals surface area contributed by atoms with Gasteiger partial charge in [-0.15, -0.1) is 0 Å². The predicted molar refractivity (Wildman–Crippen MR) is 141 cm³/mol. The second-order valence-electron chi connectivity index (χ2n) is 9.79. The molecule has 0 radical (unpaired) electrons. The molecular weight excluding hydrogens is 526 g/mol. The number of hydrogen-bond acceptors (Lipinski definition) is 4. The van der Waals surface area contributed by atoms with Gasteiger partial charge in [0.15, 0.2) is 5.78 Å². The van der Waals surface area contributed by atoms with E-state index in [0.29, 0.717) is 29.0 Å². The third-order valence-corrected chi connectivity index (χ3v) is 8.14. The van der Waals surface area contributed by atoms with Crippen molar-refractivity contribution in [2.75, 3.05) is 0 Å². The van der Waals surface area contributed by atoms with Crippen LogP contribution < -0.4 is 5.32 Å². The largest absolute Gasteiger partial charge is 0.459 e. The summed E-state index contributed by atoms with van der Waals surface area (Å²) in [6.07, 6.45) is 6.23. The van der Waals surface area contributed by atoms with E-state index in [4.69, 9.17) is 16.3 Å². The van der Waals surface area contributed by atoms with E-state index < -0.39 is 5.92 Å². The number of allylic oxidation sites excluding steroid dienone is 3. The Morgan fingerprint density at radius 3 is 2.49 bits per heavy atom. The number of carbonyl (C=O) groups excluding carboxylic acids is 2. The number of rotatable bonds is 4. The maximum atomic E-state index is 13.7. The van der Waals surface area contributed by atoms with E-state index in [2.05, 4.69) is 21.2 Å². The van der Waals surface area contributed by atoms with Crippen molar-refractivity contribution in [1.82, 2.24) is 5.32 Å². The number of nitrogens with one attached hydrogen (secondary N) is 1. The van der Waals surface area contributed by atoms with Gasteiger partial charge in [-0.05, 0) is 80.3 Å². The van der Waals surface area contributed by atoms with Crippen molar-refractivity contribution in [1.29, 1.82) is 0 Å². The highest BCUT2D eigenvalue weighted by Gasteiger charge is 2.42. The lowest BCUT2D eigenvalue weighted by molar-refractivity contribution is -0.146. The molecule has 2 aromatic rings. The first-order valence-corrected chi connectivity index (χ1v) is 13.5. The number of hydrogen-bond donors (Lipinski definition) is 1. The van der Waals surface area contributed by atoms with Gasteiger partial charge in [0, 0.05) is 38.8 Å². The number of ether oxygens (including phenoxy) is 1. The van der Waals surface area contributed by atoms with Gasteiger partial charge in [0.1, 0.15) is 6.10 Å². The minimum absolute atomic E-state index is 0.0496. The second kappa shape index (κ2) is 10.3. The van der Waals surface area contributed by atoms with Crippen LogP contribution in [0.5, 0.6) is 0 Å². The normalized spacial score (nSPS) is 23.1. The van der Waals surface area contributed by atoms with Crippen molar-refractivity contribution >= 4 is 39.3 Å². The van der Waals surface area contributed by atoms with Gasteiger partial charge in [0.05, 0.1) is 5.57 Å². The lowest BCUT2D eigenvalue weighted by atomic mass is 9.71. The summed E-state index contributed by atoms with van der Waals surface area (Å²) in [5.41, 5.74) is 4.91. The van der Waals surface area contributed by atoms with Gasteiger partial charge in [-0.1, -0.05) is 58.2 Å². The fourth-order valence-corrected chi connectivity index (χ4v) is 6.24. The van der Waals surface area contributed by atoms with Gasteiger partial charge < -0.3 is 10.1 Å². The lowest BCUT2D eigenvalue weighted by Gasteiger charge is -2.37. The molecule has 4 nitrogen and oxygen atoms in total. The smallest absolute Gasteiger partial charge is 0.337 e. The van der Waals surface area contributed by atoms with Gasteiger partial charge in [-0.2, -0.15) is 0 Å². The summed E-state index contributed by atoms with van der Waals surface area (Å²) in [6.45, 7) is 1.92. The van der Waals surface area contributed by atoms with E-state index in [0.717, 1.165) is 52.7 Å². The number of carbonyl (C=O) groups is 2. The van der Waals surface area contributed by atoms with E-state index >= 15 is 0 Å². The molecule has 182 valence electrons. The minimum atomic E-state index is -0.446. The Balaban J connectivity index is 1.52. The number of dihydropyridines is 1. The molecule has 0 aromatic heterocycles. The monoisotopic (exact) mass is 553 g/mol. The summed E-state index contributed by atoms with van der Waals surface area (Å²) < 4.78 is 6.92. The predicted octanol–water partition coefficient (Wildman–Crippen LogP) is 7.34. The van der Waals surface area contributed by atoms with Crippen LogP contribution in [-0.2, 0) is 14.3 Å². The molecule has 1 saturated carbocycles. The molecule has 35 heavy (non-hydrogen) atoms. The highest BCUT2D eigenvalue weighted by molar-refractivity contribution is 9.10. The van der Waals surface area contributed by atoms with Crippen molar-refractivity contribution in [2.45, 2.75) is 69.8 Å². The Kier molecular flexibility index (Phi) is 7.17. The summed E-state index contributed by atoms with van der Waals surface area (Å²) in [5, 5.41) is 4.12. The van der Waals surface area contributed by atoms with Crippen molar-refractivity contribution in [3.05, 3.63) is 91.7 Å². The fourth-order valence-electron chi connectivity index (χ4n) is 5.70. The zero-order valence-electron chi connectivity index (χ0n) is 19.8. The third kappa shape index (κ3) is 5.12. The fraction of sp³-hybridized carbons (Fsp3) is 0.379. The molecule has 0 bridgehead atoms. The van der Waals surface area contributed by atoms with Crippen LogP contribution in [0.4, 0.5) is 0 Å². The molecule has 5 rings (SSSR count). The van der Waals surface area contributed by atoms with Crippen LogP contribution in [0.3, 0.4) is 0 Å². The van der Waals surface area contributed by atoms with Crippen LogP contribution in [0.2, 0.25) is 5.02 Å². The molecule has 6 heteroatoms. The Bertz CT molecular complexity index is 1210. The summed E-state index contributed by atoms with van der Waals surface area (Å²) in [7, 11) is 0. The van der Waals surface area contributed by atoms with Gasteiger partial charge in [-0.25, -0.2) is 4.79 Å². The van der Waals surface area contributed by atoms with Crippen molar-refractivity contribution in [3.63, 3.8) is 0 Å². The van der Waals surface area contributed by atoms with Crippen molar-refractivity contribution in [2.24, 2.45) is 0 Å². The Labute approximate surface area is 219 Å². The molecule has 2 atom stereocenters. The van der Waals surface area contributed by atoms with Crippen LogP contribution in [-0.4, -0.2) is 17.9 Å². The number of benzene rings is 2. The van der Waals surface area contributed by atoms with Crippen LogP contribution in [0.25, 0.3) is 0 Å². The highest BCUT2D eigenvalue weighted by atomic mass is 79.9. The molecule has 0 spiro atoms. The molecule has 1 heterocycles. The van der Waals surface area contributed by atoms with Crippen LogP contribution >= 0.6 is 27.5 Å². The molecule has 0 unspecified atom stereocenters. The van der Waals surface area contributed by atoms with E-state index in [1.165, 1.54) is 6.42 Å². The first-order valence-electron chi connectivity index (χ1n) is 12.4. The standard InChI is InChI=1S/C29H29BrClNO3/c1-17-26(29(34)35-23-8-3-2-4-9-23)27(19-6-5-7-21(30)14-19)28-24(32-17)15-20(16-25(28)33)18-10-12-22(31)13-11-18/h5-7,10-14,20,23,27,32H,2-4,8-9,15-16H2,1H3/t20-,27-/m0/s1. The molecule has 0 saturated heterocycles. The van der Waals surface area contributed by atoms with Gasteiger partial charge in [0.2, 0.25) is 0 Å². The van der Waals surface area contributed by atoms with Gasteiger partial charge in [-0.3, -0.25) is 4.79 Å². The van der Waals surface area contributed by atoms with Crippen molar-refractivity contribution in [3.8, 4) is 0 Å². The zero-order chi connectivity index (χ0) is 24.5. The van der Waals surface area contributed by atoms with E-state index in [1.54, 1.807) is 0 Å². The Morgan fingerprint density at radius 2 is 1.77 bits per heavy atom. The average molecular weight is 555 g/mol. The van der Waals surface area contributed by atoms with E-state index in [1.807, 2.05) is 55.5 Å². The van der Waals surface area contributed by atoms with E-state index in [-0.39, 0.29) is 23.8 Å². The van der Waals surface area contributed by atoms with Crippen LogP contribution in [0.1, 0.15) is 74.8 Å². The number of esters is 1. The molecular formula is C29H29BrClNO3. The second-order valence-corrected chi connectivity index (χ2v) is 11.1. The molecule has 1 aliphatic heterocycles. The Hall–Kier alpha value is -2.37. The highest BCUT2D eigenvalue weighted by Crippen LogP contribution is 2.46. The molecule has 1 fully saturated rings. The zero-order valence-corrected chi connectivity index (χ0v) is 22.1. The number of Topliss-reactive ketones (excluding diaryl/α,β-unsaturated/α-hetero) is 1.